The number of methoxy groups -OCH3 is 1. The zero-order valence-electron chi connectivity index (χ0n) is 10.4. The first kappa shape index (κ1) is 14.0. The fourth-order valence-corrected chi connectivity index (χ4v) is 2.04. The molecule has 0 amide bonds. The first-order valence-electron chi connectivity index (χ1n) is 6.01. The first-order chi connectivity index (χ1) is 8.17. The fraction of sp³-hybridized carbons (Fsp3) is 0.833. The van der Waals surface area contributed by atoms with Gasteiger partial charge in [-0.2, -0.15) is 0 Å². The number of hydrogen-bond donors (Lipinski definition) is 0. The molecule has 0 bridgehead atoms. The van der Waals surface area contributed by atoms with Gasteiger partial charge >= 0.3 is 11.9 Å². The van der Waals surface area contributed by atoms with Crippen LogP contribution in [0.2, 0.25) is 0 Å². The summed E-state index contributed by atoms with van der Waals surface area (Å²) in [5, 5.41) is 0. The van der Waals surface area contributed by atoms with Crippen LogP contribution in [-0.4, -0.2) is 38.4 Å². The largest absolute Gasteiger partial charge is 0.469 e. The van der Waals surface area contributed by atoms with Crippen LogP contribution in [0.25, 0.3) is 0 Å². The Morgan fingerprint density at radius 2 is 2.06 bits per heavy atom. The summed E-state index contributed by atoms with van der Waals surface area (Å²) in [6, 6.07) is 0. The van der Waals surface area contributed by atoms with Crippen LogP contribution in [0.5, 0.6) is 0 Å². The molecule has 0 aromatic heterocycles. The Balaban J connectivity index is 2.47. The zero-order chi connectivity index (χ0) is 12.7. The SMILES string of the molecule is CCOC(=O)C[C@@H]1CCCO[C@H]1CC(=O)OC. The van der Waals surface area contributed by atoms with Gasteiger partial charge < -0.3 is 14.2 Å². The molecule has 98 valence electrons. The fourth-order valence-electron chi connectivity index (χ4n) is 2.04. The molecule has 0 aromatic carbocycles. The number of ether oxygens (including phenoxy) is 3. The van der Waals surface area contributed by atoms with E-state index in [0.29, 0.717) is 19.6 Å². The lowest BCUT2D eigenvalue weighted by atomic mass is 9.89. The van der Waals surface area contributed by atoms with Crippen molar-refractivity contribution in [3.05, 3.63) is 0 Å². The smallest absolute Gasteiger partial charge is 0.308 e. The Bertz CT molecular complexity index is 264. The molecule has 0 aromatic rings. The van der Waals surface area contributed by atoms with Crippen molar-refractivity contribution in [3.8, 4) is 0 Å². The predicted octanol–water partition coefficient (Wildman–Crippen LogP) is 1.30. The highest BCUT2D eigenvalue weighted by atomic mass is 16.5. The highest BCUT2D eigenvalue weighted by Gasteiger charge is 2.30. The third-order valence-corrected chi connectivity index (χ3v) is 2.91. The summed E-state index contributed by atoms with van der Waals surface area (Å²) in [7, 11) is 1.35. The molecule has 1 heterocycles. The van der Waals surface area contributed by atoms with Crippen molar-refractivity contribution in [1.29, 1.82) is 0 Å². The van der Waals surface area contributed by atoms with Gasteiger partial charge in [0, 0.05) is 6.61 Å². The van der Waals surface area contributed by atoms with Crippen LogP contribution < -0.4 is 0 Å². The highest BCUT2D eigenvalue weighted by molar-refractivity contribution is 5.71. The van der Waals surface area contributed by atoms with Crippen LogP contribution in [0.15, 0.2) is 0 Å². The summed E-state index contributed by atoms with van der Waals surface area (Å²) in [5.74, 6) is -0.467. The molecule has 0 unspecified atom stereocenters. The van der Waals surface area contributed by atoms with Crippen molar-refractivity contribution in [3.63, 3.8) is 0 Å². The normalized spacial score (nSPS) is 24.1. The number of carbonyl (C=O) groups excluding carboxylic acids is 2. The molecule has 0 aliphatic carbocycles. The van der Waals surface area contributed by atoms with Crippen molar-refractivity contribution in [2.24, 2.45) is 5.92 Å². The van der Waals surface area contributed by atoms with E-state index in [2.05, 4.69) is 4.74 Å². The Hall–Kier alpha value is -1.10. The lowest BCUT2D eigenvalue weighted by Crippen LogP contribution is -2.33. The molecule has 1 rings (SSSR count). The van der Waals surface area contributed by atoms with Gasteiger partial charge in [-0.05, 0) is 25.7 Å². The highest BCUT2D eigenvalue weighted by Crippen LogP contribution is 2.26. The van der Waals surface area contributed by atoms with E-state index in [-0.39, 0.29) is 30.4 Å². The Morgan fingerprint density at radius 3 is 2.71 bits per heavy atom. The topological polar surface area (TPSA) is 61.8 Å². The molecule has 1 aliphatic rings. The van der Waals surface area contributed by atoms with Crippen LogP contribution >= 0.6 is 0 Å². The summed E-state index contributed by atoms with van der Waals surface area (Å²) < 4.78 is 15.1. The summed E-state index contributed by atoms with van der Waals surface area (Å²) in [6.45, 7) is 2.80. The lowest BCUT2D eigenvalue weighted by molar-refractivity contribution is -0.152. The molecule has 0 saturated carbocycles. The molecule has 0 spiro atoms. The molecule has 1 saturated heterocycles. The summed E-state index contributed by atoms with van der Waals surface area (Å²) >= 11 is 0. The minimum Gasteiger partial charge on any atom is -0.469 e. The Morgan fingerprint density at radius 1 is 1.29 bits per heavy atom. The molecule has 2 atom stereocenters. The second kappa shape index (κ2) is 7.27. The van der Waals surface area contributed by atoms with E-state index in [1.807, 2.05) is 0 Å². The van der Waals surface area contributed by atoms with Gasteiger partial charge in [0.25, 0.3) is 0 Å². The van der Waals surface area contributed by atoms with Gasteiger partial charge in [-0.1, -0.05) is 0 Å². The van der Waals surface area contributed by atoms with Gasteiger partial charge in [0.15, 0.2) is 0 Å². The monoisotopic (exact) mass is 244 g/mol. The van der Waals surface area contributed by atoms with E-state index in [1.165, 1.54) is 7.11 Å². The standard InChI is InChI=1S/C12H20O5/c1-3-16-12(14)7-9-5-4-6-17-10(9)8-11(13)15-2/h9-10H,3-8H2,1-2H3/t9-,10-/m0/s1. The number of rotatable bonds is 5. The van der Waals surface area contributed by atoms with E-state index in [1.54, 1.807) is 6.92 Å². The van der Waals surface area contributed by atoms with E-state index in [0.717, 1.165) is 12.8 Å². The molecular formula is C12H20O5. The van der Waals surface area contributed by atoms with Gasteiger partial charge in [-0.3, -0.25) is 9.59 Å². The third kappa shape index (κ3) is 4.73. The Labute approximate surface area is 101 Å². The minimum absolute atomic E-state index is 0.0573. The minimum atomic E-state index is -0.300. The second-order valence-electron chi connectivity index (χ2n) is 4.10. The zero-order valence-corrected chi connectivity index (χ0v) is 10.4. The van der Waals surface area contributed by atoms with Crippen LogP contribution in [0.3, 0.4) is 0 Å². The van der Waals surface area contributed by atoms with Crippen LogP contribution in [0.4, 0.5) is 0 Å². The molecule has 5 nitrogen and oxygen atoms in total. The van der Waals surface area contributed by atoms with Crippen molar-refractivity contribution in [1.82, 2.24) is 0 Å². The van der Waals surface area contributed by atoms with E-state index in [9.17, 15) is 9.59 Å². The van der Waals surface area contributed by atoms with Crippen molar-refractivity contribution >= 4 is 11.9 Å². The van der Waals surface area contributed by atoms with Gasteiger partial charge in [0.05, 0.1) is 32.7 Å². The average Bonchev–Trinajstić information content (AvgIpc) is 2.31. The molecule has 5 heteroatoms. The van der Waals surface area contributed by atoms with E-state index < -0.39 is 0 Å². The number of esters is 2. The van der Waals surface area contributed by atoms with E-state index >= 15 is 0 Å². The van der Waals surface area contributed by atoms with Gasteiger partial charge in [0.2, 0.25) is 0 Å². The summed E-state index contributed by atoms with van der Waals surface area (Å²) in [6.07, 6.45) is 2.11. The summed E-state index contributed by atoms with van der Waals surface area (Å²) in [5.41, 5.74) is 0. The molecule has 1 fully saturated rings. The third-order valence-electron chi connectivity index (χ3n) is 2.91. The van der Waals surface area contributed by atoms with Crippen LogP contribution in [0.1, 0.15) is 32.6 Å². The summed E-state index contributed by atoms with van der Waals surface area (Å²) in [4.78, 5) is 22.6. The molecule has 1 aliphatic heterocycles. The van der Waals surface area contributed by atoms with Crippen LogP contribution in [-0.2, 0) is 23.8 Å². The van der Waals surface area contributed by atoms with Crippen molar-refractivity contribution < 1.29 is 23.8 Å². The number of carbonyl (C=O) groups is 2. The lowest BCUT2D eigenvalue weighted by Gasteiger charge is -2.30. The molecular weight excluding hydrogens is 224 g/mol. The van der Waals surface area contributed by atoms with Crippen molar-refractivity contribution in [2.75, 3.05) is 20.3 Å². The quantitative estimate of drug-likeness (QED) is 0.682. The Kier molecular flexibility index (Phi) is 5.97. The predicted molar refractivity (Wildman–Crippen MR) is 60.3 cm³/mol. The average molecular weight is 244 g/mol. The first-order valence-corrected chi connectivity index (χ1v) is 6.01. The second-order valence-corrected chi connectivity index (χ2v) is 4.10. The maximum absolute atomic E-state index is 11.4. The maximum atomic E-state index is 11.4. The van der Waals surface area contributed by atoms with Crippen LogP contribution in [0, 0.1) is 5.92 Å². The maximum Gasteiger partial charge on any atom is 0.308 e. The molecule has 0 radical (unpaired) electrons. The number of hydrogen-bond acceptors (Lipinski definition) is 5. The van der Waals surface area contributed by atoms with Gasteiger partial charge in [-0.25, -0.2) is 0 Å². The molecule has 0 N–H and O–H groups in total. The van der Waals surface area contributed by atoms with E-state index in [4.69, 9.17) is 9.47 Å². The van der Waals surface area contributed by atoms with Gasteiger partial charge in [-0.15, -0.1) is 0 Å². The van der Waals surface area contributed by atoms with Gasteiger partial charge in [0.1, 0.15) is 0 Å². The van der Waals surface area contributed by atoms with Crippen molar-refractivity contribution in [2.45, 2.75) is 38.7 Å². The molecule has 17 heavy (non-hydrogen) atoms.